The van der Waals surface area contributed by atoms with Crippen LogP contribution in [0.2, 0.25) is 0 Å². The Labute approximate surface area is 127 Å². The number of aliphatic hydroxyl groups excluding tert-OH is 1. The summed E-state index contributed by atoms with van der Waals surface area (Å²) in [6, 6.07) is 2.26. The molecule has 0 aliphatic heterocycles. The maximum Gasteiger partial charge on any atom is 0.166 e. The fraction of sp³-hybridized carbons (Fsp3) is 0.688. The van der Waals surface area contributed by atoms with Gasteiger partial charge in [0, 0.05) is 13.2 Å². The molecular weight excluding hydrogens is 264 g/mol. The molecular formula is C16H26N4O. The lowest BCUT2D eigenvalue weighted by Crippen LogP contribution is -2.18. The van der Waals surface area contributed by atoms with E-state index in [1.165, 1.54) is 0 Å². The van der Waals surface area contributed by atoms with Crippen LogP contribution >= 0.6 is 0 Å². The number of hydrogen-bond acceptors (Lipinski definition) is 5. The predicted octanol–water partition coefficient (Wildman–Crippen LogP) is 2.68. The lowest BCUT2D eigenvalue weighted by molar-refractivity contribution is 0.255. The van der Waals surface area contributed by atoms with Crippen LogP contribution in [0.5, 0.6) is 0 Å². The monoisotopic (exact) mass is 290 g/mol. The highest BCUT2D eigenvalue weighted by atomic mass is 16.3. The molecule has 1 aromatic heterocycles. The van der Waals surface area contributed by atoms with Crippen molar-refractivity contribution < 1.29 is 5.11 Å². The van der Waals surface area contributed by atoms with Crippen LogP contribution in [0.15, 0.2) is 0 Å². The summed E-state index contributed by atoms with van der Waals surface area (Å²) in [6.45, 7) is 7.10. The zero-order valence-corrected chi connectivity index (χ0v) is 13.3. The Kier molecular flexibility index (Phi) is 7.70. The number of aryl methyl sites for hydroxylation is 1. The molecule has 1 rings (SSSR count). The van der Waals surface area contributed by atoms with Gasteiger partial charge in [0.05, 0.1) is 5.69 Å². The van der Waals surface area contributed by atoms with E-state index >= 15 is 0 Å². The summed E-state index contributed by atoms with van der Waals surface area (Å²) in [7, 11) is 0. The zero-order valence-electron chi connectivity index (χ0n) is 13.3. The average molecular weight is 290 g/mol. The van der Waals surface area contributed by atoms with Crippen molar-refractivity contribution in [3.63, 3.8) is 0 Å². The van der Waals surface area contributed by atoms with Crippen LogP contribution in [0.4, 0.5) is 5.82 Å². The van der Waals surface area contributed by atoms with Gasteiger partial charge in [-0.3, -0.25) is 0 Å². The highest BCUT2D eigenvalue weighted by Crippen LogP contribution is 2.21. The highest BCUT2D eigenvalue weighted by Gasteiger charge is 2.15. The van der Waals surface area contributed by atoms with Crippen molar-refractivity contribution in [1.29, 1.82) is 5.26 Å². The van der Waals surface area contributed by atoms with Gasteiger partial charge in [-0.1, -0.05) is 27.2 Å². The topological polar surface area (TPSA) is 81.8 Å². The standard InChI is InChI=1S/C16H26N4O/c1-4-7-12(8-9-21)11-18-16-14(10-17)13(5-2)15(6-3)19-20-16/h12,21H,4-9,11H2,1-3H3,(H,18,20). The van der Waals surface area contributed by atoms with Crippen molar-refractivity contribution in [3.05, 3.63) is 16.8 Å². The average Bonchev–Trinajstić information content (AvgIpc) is 2.51. The van der Waals surface area contributed by atoms with Crippen LogP contribution in [0.3, 0.4) is 0 Å². The van der Waals surface area contributed by atoms with Crippen LogP contribution in [-0.4, -0.2) is 28.5 Å². The predicted molar refractivity (Wildman–Crippen MR) is 84.1 cm³/mol. The fourth-order valence-corrected chi connectivity index (χ4v) is 2.60. The SMILES string of the molecule is CCCC(CCO)CNc1nnc(CC)c(CC)c1C#N. The van der Waals surface area contributed by atoms with Gasteiger partial charge in [0.1, 0.15) is 11.6 Å². The van der Waals surface area contributed by atoms with E-state index in [0.29, 0.717) is 23.8 Å². The minimum absolute atomic E-state index is 0.193. The van der Waals surface area contributed by atoms with Crippen LogP contribution in [0, 0.1) is 17.2 Å². The highest BCUT2D eigenvalue weighted by molar-refractivity contribution is 5.56. The minimum Gasteiger partial charge on any atom is -0.396 e. The third kappa shape index (κ3) is 4.68. The Hall–Kier alpha value is -1.67. The summed E-state index contributed by atoms with van der Waals surface area (Å²) >= 11 is 0. The zero-order chi connectivity index (χ0) is 15.7. The Bertz CT molecular complexity index is 476. The third-order valence-electron chi connectivity index (χ3n) is 3.75. The van der Waals surface area contributed by atoms with E-state index in [-0.39, 0.29) is 6.61 Å². The largest absolute Gasteiger partial charge is 0.396 e. The minimum atomic E-state index is 0.193. The van der Waals surface area contributed by atoms with Crippen LogP contribution in [0.1, 0.15) is 56.9 Å². The van der Waals surface area contributed by atoms with E-state index in [1.54, 1.807) is 0 Å². The van der Waals surface area contributed by atoms with E-state index in [9.17, 15) is 5.26 Å². The summed E-state index contributed by atoms with van der Waals surface area (Å²) in [6.07, 6.45) is 4.47. The maximum absolute atomic E-state index is 9.42. The summed E-state index contributed by atoms with van der Waals surface area (Å²) in [4.78, 5) is 0. The maximum atomic E-state index is 9.42. The number of rotatable bonds is 9. The molecule has 1 unspecified atom stereocenters. The molecule has 21 heavy (non-hydrogen) atoms. The quantitative estimate of drug-likeness (QED) is 0.730. The van der Waals surface area contributed by atoms with Crippen molar-refractivity contribution in [1.82, 2.24) is 10.2 Å². The van der Waals surface area contributed by atoms with Crippen molar-refractivity contribution >= 4 is 5.82 Å². The van der Waals surface area contributed by atoms with Gasteiger partial charge >= 0.3 is 0 Å². The second-order valence-electron chi connectivity index (χ2n) is 5.22. The summed E-state index contributed by atoms with van der Waals surface area (Å²) in [5, 5.41) is 30.2. The van der Waals surface area contributed by atoms with Gasteiger partial charge in [0.2, 0.25) is 0 Å². The number of aromatic nitrogens is 2. The van der Waals surface area contributed by atoms with Gasteiger partial charge in [0.25, 0.3) is 0 Å². The van der Waals surface area contributed by atoms with E-state index in [1.807, 2.05) is 13.8 Å². The van der Waals surface area contributed by atoms with Crippen molar-refractivity contribution in [3.8, 4) is 6.07 Å². The molecule has 0 saturated carbocycles. The first-order valence-corrected chi connectivity index (χ1v) is 7.84. The van der Waals surface area contributed by atoms with Crippen LogP contribution in [-0.2, 0) is 12.8 Å². The summed E-state index contributed by atoms with van der Waals surface area (Å²) in [5.74, 6) is 0.967. The Balaban J connectivity index is 2.90. The molecule has 0 spiro atoms. The van der Waals surface area contributed by atoms with E-state index in [2.05, 4.69) is 28.5 Å². The molecule has 0 aliphatic rings. The number of hydrogen-bond donors (Lipinski definition) is 2. The van der Waals surface area contributed by atoms with Gasteiger partial charge in [-0.05, 0) is 37.2 Å². The Morgan fingerprint density at radius 1 is 1.19 bits per heavy atom. The number of aliphatic hydroxyl groups is 1. The van der Waals surface area contributed by atoms with Gasteiger partial charge in [0.15, 0.2) is 5.82 Å². The molecule has 0 aromatic carbocycles. The van der Waals surface area contributed by atoms with E-state index < -0.39 is 0 Å². The molecule has 0 radical (unpaired) electrons. The molecule has 0 fully saturated rings. The number of nitrogens with one attached hydrogen (secondary N) is 1. The molecule has 0 amide bonds. The normalized spacial score (nSPS) is 12.0. The second kappa shape index (κ2) is 9.30. The molecule has 5 heteroatoms. The summed E-state index contributed by atoms with van der Waals surface area (Å²) < 4.78 is 0. The van der Waals surface area contributed by atoms with Crippen LogP contribution < -0.4 is 5.32 Å². The number of anilines is 1. The molecule has 1 aromatic rings. The fourth-order valence-electron chi connectivity index (χ4n) is 2.60. The molecule has 116 valence electrons. The van der Waals surface area contributed by atoms with Gasteiger partial charge < -0.3 is 10.4 Å². The van der Waals surface area contributed by atoms with Crippen LogP contribution in [0.25, 0.3) is 0 Å². The Morgan fingerprint density at radius 2 is 1.95 bits per heavy atom. The number of nitriles is 1. The molecule has 2 N–H and O–H groups in total. The van der Waals surface area contributed by atoms with Gasteiger partial charge in [-0.15, -0.1) is 5.10 Å². The van der Waals surface area contributed by atoms with Gasteiger partial charge in [-0.25, -0.2) is 0 Å². The molecule has 0 aliphatic carbocycles. The number of nitrogens with zero attached hydrogens (tertiary/aromatic N) is 3. The lowest BCUT2D eigenvalue weighted by atomic mass is 9.99. The molecule has 1 heterocycles. The Morgan fingerprint density at radius 3 is 2.48 bits per heavy atom. The molecule has 1 atom stereocenters. The lowest BCUT2D eigenvalue weighted by Gasteiger charge is -2.17. The first-order chi connectivity index (χ1) is 10.2. The molecule has 0 bridgehead atoms. The third-order valence-corrected chi connectivity index (χ3v) is 3.75. The van der Waals surface area contributed by atoms with Crippen molar-refractivity contribution in [2.24, 2.45) is 5.92 Å². The molecule has 0 saturated heterocycles. The van der Waals surface area contributed by atoms with Crippen molar-refractivity contribution in [2.75, 3.05) is 18.5 Å². The van der Waals surface area contributed by atoms with E-state index in [0.717, 1.165) is 43.4 Å². The summed E-state index contributed by atoms with van der Waals surface area (Å²) in [5.41, 5.74) is 2.51. The smallest absolute Gasteiger partial charge is 0.166 e. The van der Waals surface area contributed by atoms with Gasteiger partial charge in [-0.2, -0.15) is 10.4 Å². The first kappa shape index (κ1) is 17.4. The van der Waals surface area contributed by atoms with Crippen molar-refractivity contribution in [2.45, 2.75) is 52.9 Å². The molecule has 5 nitrogen and oxygen atoms in total. The second-order valence-corrected chi connectivity index (χ2v) is 5.22. The van der Waals surface area contributed by atoms with E-state index in [4.69, 9.17) is 5.11 Å². The first-order valence-electron chi connectivity index (χ1n) is 7.84.